The quantitative estimate of drug-likeness (QED) is 0.419. The first-order valence-corrected chi connectivity index (χ1v) is 14.2. The van der Waals surface area contributed by atoms with Crippen molar-refractivity contribution in [3.63, 3.8) is 0 Å². The SMILES string of the molecule is CN1C(=O)C2(CCN(c3nc4c(CO)cccc4c(=O)[nH]3)CC2)c2c(Cl)cc(OCCCN3CCOCC3)cc21. The van der Waals surface area contributed by atoms with E-state index in [0.717, 1.165) is 50.5 Å². The molecule has 3 aliphatic heterocycles. The second-order valence-corrected chi connectivity index (χ2v) is 11.2. The van der Waals surface area contributed by atoms with Crippen LogP contribution in [0.1, 0.15) is 30.4 Å². The average Bonchev–Trinajstić information content (AvgIpc) is 3.18. The lowest BCUT2D eigenvalue weighted by Gasteiger charge is -2.38. The van der Waals surface area contributed by atoms with E-state index in [9.17, 15) is 14.7 Å². The molecule has 1 aromatic heterocycles. The molecule has 10 nitrogen and oxygen atoms in total. The van der Waals surface area contributed by atoms with Crippen LogP contribution in [0.5, 0.6) is 5.75 Å². The van der Waals surface area contributed by atoms with Crippen LogP contribution in [0.15, 0.2) is 35.1 Å². The molecule has 11 heteroatoms. The number of rotatable bonds is 7. The number of ether oxygens (including phenoxy) is 2. The number of nitrogens with one attached hydrogen (secondary N) is 1. The molecule has 4 heterocycles. The van der Waals surface area contributed by atoms with E-state index in [0.29, 0.717) is 65.7 Å². The summed E-state index contributed by atoms with van der Waals surface area (Å²) in [6, 6.07) is 8.95. The topological polar surface area (TPSA) is 111 Å². The van der Waals surface area contributed by atoms with Crippen molar-refractivity contribution in [1.82, 2.24) is 14.9 Å². The Morgan fingerprint density at radius 1 is 1.15 bits per heavy atom. The van der Waals surface area contributed by atoms with Crippen LogP contribution < -0.4 is 20.1 Å². The Bertz CT molecular complexity index is 1480. The summed E-state index contributed by atoms with van der Waals surface area (Å²) in [5.41, 5.74) is 1.75. The van der Waals surface area contributed by atoms with E-state index in [-0.39, 0.29) is 18.1 Å². The van der Waals surface area contributed by atoms with Gasteiger partial charge in [-0.3, -0.25) is 19.5 Å². The fourth-order valence-corrected chi connectivity index (χ4v) is 6.67. The molecular weight excluding hydrogens is 534 g/mol. The molecule has 212 valence electrons. The van der Waals surface area contributed by atoms with E-state index in [1.807, 2.05) is 17.0 Å². The third-order valence-corrected chi connectivity index (χ3v) is 8.78. The Balaban J connectivity index is 1.18. The number of aliphatic hydroxyl groups is 1. The summed E-state index contributed by atoms with van der Waals surface area (Å²) in [4.78, 5) is 40.1. The van der Waals surface area contributed by atoms with Crippen LogP contribution >= 0.6 is 11.6 Å². The van der Waals surface area contributed by atoms with Crippen molar-refractivity contribution < 1.29 is 19.4 Å². The normalized spacial score (nSPS) is 19.0. The fraction of sp³-hybridized carbons (Fsp3) is 0.483. The van der Waals surface area contributed by atoms with Crippen molar-refractivity contribution in [3.05, 3.63) is 56.8 Å². The lowest BCUT2D eigenvalue weighted by atomic mass is 9.73. The largest absolute Gasteiger partial charge is 0.493 e. The predicted molar refractivity (Wildman–Crippen MR) is 154 cm³/mol. The molecule has 0 bridgehead atoms. The number of nitrogens with zero attached hydrogens (tertiary/aromatic N) is 4. The Labute approximate surface area is 237 Å². The number of aromatic amines is 1. The number of H-pyrrole nitrogens is 1. The number of hydrogen-bond donors (Lipinski definition) is 2. The summed E-state index contributed by atoms with van der Waals surface area (Å²) in [7, 11) is 1.79. The summed E-state index contributed by atoms with van der Waals surface area (Å²) in [5, 5.41) is 10.7. The van der Waals surface area contributed by atoms with Gasteiger partial charge in [0.15, 0.2) is 0 Å². The molecule has 6 rings (SSSR count). The van der Waals surface area contributed by atoms with E-state index in [1.54, 1.807) is 30.1 Å². The van der Waals surface area contributed by atoms with Crippen molar-refractivity contribution in [2.24, 2.45) is 0 Å². The first-order chi connectivity index (χ1) is 19.4. The number of halogens is 1. The fourth-order valence-electron chi connectivity index (χ4n) is 6.28. The minimum Gasteiger partial charge on any atom is -0.493 e. The van der Waals surface area contributed by atoms with E-state index in [2.05, 4.69) is 14.9 Å². The molecule has 2 fully saturated rings. The summed E-state index contributed by atoms with van der Waals surface area (Å²) in [6.07, 6.45) is 1.96. The lowest BCUT2D eigenvalue weighted by molar-refractivity contribution is -0.123. The zero-order chi connectivity index (χ0) is 27.9. The first-order valence-electron chi connectivity index (χ1n) is 13.8. The molecule has 1 amide bonds. The molecule has 0 unspecified atom stereocenters. The number of aliphatic hydroxyl groups excluding tert-OH is 1. The van der Waals surface area contributed by atoms with Crippen LogP contribution in [0, 0.1) is 0 Å². The predicted octanol–water partition coefficient (Wildman–Crippen LogP) is 2.68. The number of fused-ring (bicyclic) bond motifs is 3. The number of benzene rings is 2. The Morgan fingerprint density at radius 3 is 2.67 bits per heavy atom. The van der Waals surface area contributed by atoms with E-state index in [1.165, 1.54) is 0 Å². The van der Waals surface area contributed by atoms with Crippen molar-refractivity contribution in [1.29, 1.82) is 0 Å². The number of morpholine rings is 1. The highest BCUT2D eigenvalue weighted by Crippen LogP contribution is 2.52. The maximum atomic E-state index is 13.7. The Morgan fingerprint density at radius 2 is 1.93 bits per heavy atom. The van der Waals surface area contributed by atoms with Gasteiger partial charge in [-0.2, -0.15) is 0 Å². The van der Waals surface area contributed by atoms with Crippen molar-refractivity contribution in [2.75, 3.05) is 69.4 Å². The third-order valence-electron chi connectivity index (χ3n) is 8.48. The molecule has 0 radical (unpaired) electrons. The minimum absolute atomic E-state index is 0.0241. The first kappa shape index (κ1) is 27.0. The lowest BCUT2D eigenvalue weighted by Crippen LogP contribution is -2.48. The molecule has 2 N–H and O–H groups in total. The molecule has 40 heavy (non-hydrogen) atoms. The van der Waals surface area contributed by atoms with Gasteiger partial charge in [0.2, 0.25) is 11.9 Å². The van der Waals surface area contributed by atoms with Crippen LogP contribution in [-0.2, 0) is 21.6 Å². The minimum atomic E-state index is -0.736. The van der Waals surface area contributed by atoms with Gasteiger partial charge in [0.1, 0.15) is 5.75 Å². The summed E-state index contributed by atoms with van der Waals surface area (Å²) < 4.78 is 11.5. The van der Waals surface area contributed by atoms with Crippen molar-refractivity contribution in [2.45, 2.75) is 31.3 Å². The van der Waals surface area contributed by atoms with Gasteiger partial charge in [0, 0.05) is 57.0 Å². The molecule has 0 saturated carbocycles. The number of likely N-dealkylation sites (N-methyl/N-ethyl adjacent to an activating group) is 1. The standard InChI is InChI=1S/C29H34ClN5O5/c1-33-23-17-20(40-13-3-8-34-11-14-39-15-12-34)16-22(30)24(23)29(27(33)38)6-9-35(10-7-29)28-31-25-19(18-36)4-2-5-21(25)26(37)32-28/h2,4-5,16-17,36H,3,6-15,18H2,1H3,(H,31,32,37). The van der Waals surface area contributed by atoms with Gasteiger partial charge in [-0.25, -0.2) is 4.98 Å². The summed E-state index contributed by atoms with van der Waals surface area (Å²) >= 11 is 6.86. The maximum absolute atomic E-state index is 13.7. The average molecular weight is 568 g/mol. The molecular formula is C29H34ClN5O5. The monoisotopic (exact) mass is 567 g/mol. The zero-order valence-electron chi connectivity index (χ0n) is 22.6. The number of carbonyl (C=O) groups is 1. The highest BCUT2D eigenvalue weighted by Gasteiger charge is 2.52. The Kier molecular flexibility index (Phi) is 7.43. The number of anilines is 2. The molecule has 2 saturated heterocycles. The van der Waals surface area contributed by atoms with Crippen LogP contribution in [-0.4, -0.2) is 85.5 Å². The molecule has 2 aromatic carbocycles. The highest BCUT2D eigenvalue weighted by atomic mass is 35.5. The molecule has 0 aliphatic carbocycles. The van der Waals surface area contributed by atoms with Gasteiger partial charge in [-0.05, 0) is 31.4 Å². The van der Waals surface area contributed by atoms with Gasteiger partial charge >= 0.3 is 0 Å². The molecule has 0 atom stereocenters. The second kappa shape index (κ2) is 11.0. The number of carbonyl (C=O) groups excluding carboxylic acids is 1. The second-order valence-electron chi connectivity index (χ2n) is 10.7. The van der Waals surface area contributed by atoms with Crippen LogP contribution in [0.4, 0.5) is 11.6 Å². The molecule has 3 aliphatic rings. The van der Waals surface area contributed by atoms with Crippen LogP contribution in [0.25, 0.3) is 10.9 Å². The summed E-state index contributed by atoms with van der Waals surface area (Å²) in [6.45, 7) is 5.83. The zero-order valence-corrected chi connectivity index (χ0v) is 23.4. The van der Waals surface area contributed by atoms with Gasteiger partial charge in [-0.1, -0.05) is 23.7 Å². The van der Waals surface area contributed by atoms with Gasteiger partial charge in [0.25, 0.3) is 5.56 Å². The smallest absolute Gasteiger partial charge is 0.260 e. The van der Waals surface area contributed by atoms with Crippen molar-refractivity contribution >= 4 is 40.0 Å². The number of aromatic nitrogens is 2. The maximum Gasteiger partial charge on any atom is 0.260 e. The van der Waals surface area contributed by atoms with E-state index < -0.39 is 5.41 Å². The van der Waals surface area contributed by atoms with Gasteiger partial charge < -0.3 is 24.4 Å². The summed E-state index contributed by atoms with van der Waals surface area (Å²) in [5.74, 6) is 1.13. The van der Waals surface area contributed by atoms with E-state index >= 15 is 0 Å². The number of amides is 1. The Hall–Kier alpha value is -3.18. The van der Waals surface area contributed by atoms with E-state index in [4.69, 9.17) is 21.1 Å². The van der Waals surface area contributed by atoms with Crippen molar-refractivity contribution in [3.8, 4) is 5.75 Å². The van der Waals surface area contributed by atoms with Gasteiger partial charge in [-0.15, -0.1) is 0 Å². The molecule has 1 spiro atoms. The van der Waals surface area contributed by atoms with Crippen LogP contribution in [0.2, 0.25) is 5.02 Å². The third kappa shape index (κ3) is 4.72. The molecule has 3 aromatic rings. The number of piperidine rings is 1. The number of para-hydroxylation sites is 1. The van der Waals surface area contributed by atoms with Gasteiger partial charge in [0.05, 0.1) is 53.5 Å². The highest BCUT2D eigenvalue weighted by molar-refractivity contribution is 6.33. The van der Waals surface area contributed by atoms with Crippen LogP contribution in [0.3, 0.4) is 0 Å². The number of hydrogen-bond acceptors (Lipinski definition) is 8.